The minimum absolute atomic E-state index is 0.0286. The third kappa shape index (κ3) is 4.71. The van der Waals surface area contributed by atoms with Gasteiger partial charge in [-0.2, -0.15) is 0 Å². The number of nitrogens with zero attached hydrogens (tertiary/aromatic N) is 3. The minimum atomic E-state index is -0.657. The molecule has 1 aromatic heterocycles. The molecule has 2 fully saturated rings. The van der Waals surface area contributed by atoms with E-state index in [1.807, 2.05) is 23.1 Å². The van der Waals surface area contributed by atoms with Crippen molar-refractivity contribution in [2.45, 2.75) is 32.0 Å². The number of amides is 4. The molecule has 1 aromatic carbocycles. The number of imide groups is 1. The number of carbonyl (C=O) groups is 3. The van der Waals surface area contributed by atoms with Crippen LogP contribution in [0.3, 0.4) is 0 Å². The summed E-state index contributed by atoms with van der Waals surface area (Å²) in [5.74, 6) is 0.265. The number of carbonyl (C=O) groups excluding carboxylic acids is 3. The number of hydrogen-bond donors (Lipinski definition) is 1. The lowest BCUT2D eigenvalue weighted by Gasteiger charge is -2.35. The van der Waals surface area contributed by atoms with Gasteiger partial charge in [0, 0.05) is 39.1 Å². The first kappa shape index (κ1) is 20.2. The summed E-state index contributed by atoms with van der Waals surface area (Å²) in [4.78, 5) is 42.5. The number of nitrogens with one attached hydrogen (secondary N) is 1. The number of rotatable bonds is 7. The molecule has 0 saturated carbocycles. The van der Waals surface area contributed by atoms with Gasteiger partial charge in [0.1, 0.15) is 11.8 Å². The quantitative estimate of drug-likeness (QED) is 0.704. The topological polar surface area (TPSA) is 86.1 Å². The lowest BCUT2D eigenvalue weighted by molar-refractivity contribution is -0.133. The molecule has 0 spiro atoms. The molecule has 30 heavy (non-hydrogen) atoms. The molecule has 2 aromatic rings. The van der Waals surface area contributed by atoms with Gasteiger partial charge in [0.2, 0.25) is 5.91 Å². The van der Waals surface area contributed by atoms with Gasteiger partial charge in [0.05, 0.1) is 12.8 Å². The molecule has 0 aliphatic carbocycles. The van der Waals surface area contributed by atoms with Crippen LogP contribution in [0.5, 0.6) is 0 Å². The summed E-state index contributed by atoms with van der Waals surface area (Å²) >= 11 is 0. The zero-order valence-electron chi connectivity index (χ0n) is 16.8. The summed E-state index contributed by atoms with van der Waals surface area (Å²) in [5, 5.41) is 2.68. The largest absolute Gasteiger partial charge is 0.467 e. The van der Waals surface area contributed by atoms with E-state index in [0.717, 1.165) is 24.5 Å². The highest BCUT2D eigenvalue weighted by molar-refractivity contribution is 6.04. The monoisotopic (exact) mass is 410 g/mol. The molecule has 2 saturated heterocycles. The summed E-state index contributed by atoms with van der Waals surface area (Å²) in [6.45, 7) is 4.01. The Hall–Kier alpha value is -3.13. The number of urea groups is 1. The summed E-state index contributed by atoms with van der Waals surface area (Å²) in [6, 6.07) is 12.6. The van der Waals surface area contributed by atoms with Crippen molar-refractivity contribution in [3.05, 3.63) is 60.1 Å². The molecule has 4 rings (SSSR count). The van der Waals surface area contributed by atoms with Gasteiger partial charge in [-0.05, 0) is 24.1 Å². The van der Waals surface area contributed by atoms with Gasteiger partial charge >= 0.3 is 6.03 Å². The van der Waals surface area contributed by atoms with Gasteiger partial charge in [-0.25, -0.2) is 4.79 Å². The first-order chi connectivity index (χ1) is 14.6. The number of benzene rings is 1. The molecule has 2 aliphatic heterocycles. The summed E-state index contributed by atoms with van der Waals surface area (Å²) in [7, 11) is 0. The van der Waals surface area contributed by atoms with Crippen molar-refractivity contribution < 1.29 is 18.8 Å². The van der Waals surface area contributed by atoms with Crippen molar-refractivity contribution in [1.82, 2.24) is 20.0 Å². The van der Waals surface area contributed by atoms with E-state index in [-0.39, 0.29) is 24.8 Å². The zero-order chi connectivity index (χ0) is 20.9. The molecule has 2 aliphatic rings. The van der Waals surface area contributed by atoms with E-state index in [0.29, 0.717) is 25.3 Å². The van der Waals surface area contributed by atoms with Crippen LogP contribution in [-0.4, -0.2) is 64.8 Å². The predicted molar refractivity (Wildman–Crippen MR) is 109 cm³/mol. The molecule has 8 nitrogen and oxygen atoms in total. The molecule has 8 heteroatoms. The first-order valence-electron chi connectivity index (χ1n) is 10.3. The number of piperazine rings is 1. The fourth-order valence-electron chi connectivity index (χ4n) is 3.90. The van der Waals surface area contributed by atoms with Crippen molar-refractivity contribution in [2.24, 2.45) is 0 Å². The SMILES string of the molecule is O=C(CCC1NC(=O)N(Cc2ccco2)C1=O)N1CCN(Cc2ccccc2)CC1. The molecular formula is C22H26N4O4. The minimum Gasteiger partial charge on any atom is -0.467 e. The lowest BCUT2D eigenvalue weighted by atomic mass is 10.1. The van der Waals surface area contributed by atoms with Crippen molar-refractivity contribution in [2.75, 3.05) is 26.2 Å². The van der Waals surface area contributed by atoms with Gasteiger partial charge in [-0.1, -0.05) is 30.3 Å². The van der Waals surface area contributed by atoms with Crippen LogP contribution < -0.4 is 5.32 Å². The van der Waals surface area contributed by atoms with E-state index in [1.54, 1.807) is 12.1 Å². The molecule has 1 atom stereocenters. The Morgan fingerprint density at radius 3 is 2.47 bits per heavy atom. The van der Waals surface area contributed by atoms with Crippen LogP contribution in [0.15, 0.2) is 53.1 Å². The first-order valence-corrected chi connectivity index (χ1v) is 10.3. The Morgan fingerprint density at radius 2 is 1.77 bits per heavy atom. The highest BCUT2D eigenvalue weighted by Crippen LogP contribution is 2.16. The molecular weight excluding hydrogens is 384 g/mol. The highest BCUT2D eigenvalue weighted by Gasteiger charge is 2.38. The second-order valence-electron chi connectivity index (χ2n) is 7.69. The molecule has 1 unspecified atom stereocenters. The van der Waals surface area contributed by atoms with Crippen LogP contribution in [0, 0.1) is 0 Å². The van der Waals surface area contributed by atoms with Crippen LogP contribution in [0.1, 0.15) is 24.2 Å². The van der Waals surface area contributed by atoms with Crippen molar-refractivity contribution in [3.8, 4) is 0 Å². The van der Waals surface area contributed by atoms with E-state index >= 15 is 0 Å². The molecule has 158 valence electrons. The summed E-state index contributed by atoms with van der Waals surface area (Å²) in [6.07, 6.45) is 2.05. The standard InChI is InChI=1S/C22H26N4O4/c27-20(25-12-10-24(11-13-25)15-17-5-2-1-3-6-17)9-8-19-21(28)26(22(29)23-19)16-18-7-4-14-30-18/h1-7,14,19H,8-13,15-16H2,(H,23,29). The second kappa shape index (κ2) is 9.13. The van der Waals surface area contributed by atoms with E-state index in [9.17, 15) is 14.4 Å². The van der Waals surface area contributed by atoms with E-state index in [4.69, 9.17) is 4.42 Å². The van der Waals surface area contributed by atoms with Gasteiger partial charge < -0.3 is 14.6 Å². The molecule has 1 N–H and O–H groups in total. The lowest BCUT2D eigenvalue weighted by Crippen LogP contribution is -2.48. The average Bonchev–Trinajstić information content (AvgIpc) is 3.37. The van der Waals surface area contributed by atoms with Gasteiger partial charge in [-0.3, -0.25) is 19.4 Å². The fourth-order valence-corrected chi connectivity index (χ4v) is 3.90. The Balaban J connectivity index is 1.21. The van der Waals surface area contributed by atoms with Crippen LogP contribution >= 0.6 is 0 Å². The predicted octanol–water partition coefficient (Wildman–Crippen LogP) is 1.82. The van der Waals surface area contributed by atoms with Crippen LogP contribution in [0.25, 0.3) is 0 Å². The maximum Gasteiger partial charge on any atom is 0.325 e. The van der Waals surface area contributed by atoms with Gasteiger partial charge in [0.25, 0.3) is 5.91 Å². The molecule has 3 heterocycles. The smallest absolute Gasteiger partial charge is 0.325 e. The second-order valence-corrected chi connectivity index (χ2v) is 7.69. The van der Waals surface area contributed by atoms with Crippen molar-refractivity contribution in [1.29, 1.82) is 0 Å². The third-order valence-corrected chi connectivity index (χ3v) is 5.62. The number of hydrogen-bond acceptors (Lipinski definition) is 5. The van der Waals surface area contributed by atoms with Gasteiger partial charge in [-0.15, -0.1) is 0 Å². The maximum absolute atomic E-state index is 12.6. The molecule has 0 bridgehead atoms. The van der Waals surface area contributed by atoms with Crippen molar-refractivity contribution in [3.63, 3.8) is 0 Å². The van der Waals surface area contributed by atoms with E-state index in [2.05, 4.69) is 22.3 Å². The van der Waals surface area contributed by atoms with E-state index < -0.39 is 12.1 Å². The third-order valence-electron chi connectivity index (χ3n) is 5.62. The Kier molecular flexibility index (Phi) is 6.13. The van der Waals surface area contributed by atoms with Crippen molar-refractivity contribution >= 4 is 17.8 Å². The molecule has 0 radical (unpaired) electrons. The van der Waals surface area contributed by atoms with E-state index in [1.165, 1.54) is 11.8 Å². The maximum atomic E-state index is 12.6. The normalized spacial score (nSPS) is 19.9. The Morgan fingerprint density at radius 1 is 1.00 bits per heavy atom. The summed E-state index contributed by atoms with van der Waals surface area (Å²) in [5.41, 5.74) is 1.27. The van der Waals surface area contributed by atoms with Crippen LogP contribution in [0.4, 0.5) is 4.79 Å². The molecule has 4 amide bonds. The van der Waals surface area contributed by atoms with Crippen LogP contribution in [0.2, 0.25) is 0 Å². The Labute approximate surface area is 175 Å². The van der Waals surface area contributed by atoms with Crippen LogP contribution in [-0.2, 0) is 22.7 Å². The average molecular weight is 410 g/mol. The summed E-state index contributed by atoms with van der Waals surface area (Å²) < 4.78 is 5.21. The number of furan rings is 1. The zero-order valence-corrected chi connectivity index (χ0v) is 16.8. The fraction of sp³-hybridized carbons (Fsp3) is 0.409. The highest BCUT2D eigenvalue weighted by atomic mass is 16.3. The Bertz CT molecular complexity index is 876. The van der Waals surface area contributed by atoms with Gasteiger partial charge in [0.15, 0.2) is 0 Å².